The molecule has 1 aliphatic rings. The topological polar surface area (TPSA) is 12.5 Å². The fraction of sp³-hybridized carbons (Fsp3) is 1.00. The average Bonchev–Trinajstić information content (AvgIpc) is 1.91. The summed E-state index contributed by atoms with van der Waals surface area (Å²) >= 11 is 5.37. The first kappa shape index (κ1) is 7.32. The van der Waals surface area contributed by atoms with E-state index < -0.39 is 0 Å². The van der Waals surface area contributed by atoms with Gasteiger partial charge in [-0.05, 0) is 12.8 Å². The Kier molecular flexibility index (Phi) is 3.33. The number of rotatable bonds is 2. The number of hydrogen-bond acceptors (Lipinski definition) is 2. The molecule has 1 saturated heterocycles. The van der Waals surface area contributed by atoms with Gasteiger partial charge in [-0.15, -0.1) is 0 Å². The third-order valence-electron chi connectivity index (χ3n) is 1.55. The van der Waals surface area contributed by atoms with E-state index in [1.54, 1.807) is 0 Å². The largest absolute Gasteiger partial charge is 0.283 e. The van der Waals surface area contributed by atoms with Crippen molar-refractivity contribution in [3.63, 3.8) is 0 Å². The summed E-state index contributed by atoms with van der Waals surface area (Å²) in [6.45, 7) is 2.10. The quantitative estimate of drug-likeness (QED) is 0.553. The van der Waals surface area contributed by atoms with Crippen molar-refractivity contribution in [2.75, 3.05) is 19.2 Å². The van der Waals surface area contributed by atoms with E-state index in [2.05, 4.69) is 0 Å². The maximum Gasteiger partial charge on any atom is 0.142 e. The fourth-order valence-electron chi connectivity index (χ4n) is 1.06. The van der Waals surface area contributed by atoms with Gasteiger partial charge in [-0.3, -0.25) is 4.84 Å². The van der Waals surface area contributed by atoms with Gasteiger partial charge in [0.2, 0.25) is 0 Å². The first-order valence-electron chi connectivity index (χ1n) is 3.37. The second kappa shape index (κ2) is 4.09. The molecule has 0 N–H and O–H groups in total. The van der Waals surface area contributed by atoms with Crippen molar-refractivity contribution in [3.8, 4) is 0 Å². The van der Waals surface area contributed by atoms with Crippen LogP contribution < -0.4 is 0 Å². The van der Waals surface area contributed by atoms with Crippen molar-refractivity contribution in [3.05, 3.63) is 0 Å². The van der Waals surface area contributed by atoms with E-state index in [-0.39, 0.29) is 0 Å². The van der Waals surface area contributed by atoms with Crippen LogP contribution >= 0.6 is 11.6 Å². The van der Waals surface area contributed by atoms with E-state index in [0.29, 0.717) is 6.07 Å². The predicted molar refractivity (Wildman–Crippen MR) is 37.2 cm³/mol. The number of nitrogens with zero attached hydrogens (tertiary/aromatic N) is 1. The van der Waals surface area contributed by atoms with Crippen molar-refractivity contribution in [2.45, 2.75) is 19.3 Å². The highest BCUT2D eigenvalue weighted by molar-refractivity contribution is 6.17. The third kappa shape index (κ3) is 2.52. The smallest absolute Gasteiger partial charge is 0.142 e. The van der Waals surface area contributed by atoms with E-state index in [4.69, 9.17) is 16.4 Å². The number of piperidine rings is 1. The Hall–Kier alpha value is 0.210. The normalized spacial score (nSPS) is 22.3. The number of halogens is 1. The lowest BCUT2D eigenvalue weighted by molar-refractivity contribution is -0.150. The van der Waals surface area contributed by atoms with Crippen molar-refractivity contribution < 1.29 is 4.84 Å². The molecule has 0 bridgehead atoms. The maximum atomic E-state index is 5.37. The van der Waals surface area contributed by atoms with Crippen LogP contribution in [-0.4, -0.2) is 24.2 Å². The van der Waals surface area contributed by atoms with Gasteiger partial charge < -0.3 is 0 Å². The number of hydrogen-bond donors (Lipinski definition) is 0. The van der Waals surface area contributed by atoms with Crippen LogP contribution in [0.3, 0.4) is 0 Å². The first-order valence-corrected chi connectivity index (χ1v) is 3.91. The number of hydroxylamine groups is 2. The summed E-state index contributed by atoms with van der Waals surface area (Å²) in [4.78, 5) is 5.08. The predicted octanol–water partition coefficient (Wildman–Crippen LogP) is 1.60. The average molecular weight is 150 g/mol. The van der Waals surface area contributed by atoms with Crippen LogP contribution in [0.1, 0.15) is 19.3 Å². The molecule has 3 heteroatoms. The van der Waals surface area contributed by atoms with Gasteiger partial charge in [0, 0.05) is 13.1 Å². The Balaban J connectivity index is 2.08. The van der Waals surface area contributed by atoms with E-state index >= 15 is 0 Å². The summed E-state index contributed by atoms with van der Waals surface area (Å²) in [6.07, 6.45) is 3.83. The minimum atomic E-state index is 0.292. The molecule has 2 nitrogen and oxygen atoms in total. The molecule has 0 spiro atoms. The molecule has 1 rings (SSSR count). The van der Waals surface area contributed by atoms with Crippen LogP contribution in [-0.2, 0) is 4.84 Å². The van der Waals surface area contributed by atoms with Crippen molar-refractivity contribution in [1.29, 1.82) is 0 Å². The Morgan fingerprint density at radius 3 is 2.44 bits per heavy atom. The fourth-order valence-corrected chi connectivity index (χ4v) is 1.20. The summed E-state index contributed by atoms with van der Waals surface area (Å²) in [6, 6.07) is 0.292. The zero-order valence-corrected chi connectivity index (χ0v) is 6.23. The lowest BCUT2D eigenvalue weighted by Crippen LogP contribution is -2.29. The molecule has 1 heterocycles. The van der Waals surface area contributed by atoms with Gasteiger partial charge >= 0.3 is 0 Å². The van der Waals surface area contributed by atoms with Crippen LogP contribution in [0, 0.1) is 0 Å². The molecule has 0 radical (unpaired) electrons. The van der Waals surface area contributed by atoms with Crippen LogP contribution in [0.2, 0.25) is 0 Å². The first-order chi connectivity index (χ1) is 4.43. The van der Waals surface area contributed by atoms with E-state index in [1.165, 1.54) is 19.3 Å². The van der Waals surface area contributed by atoms with E-state index in [1.807, 2.05) is 5.06 Å². The molecule has 0 saturated carbocycles. The molecule has 0 aromatic heterocycles. The molecule has 0 aromatic carbocycles. The van der Waals surface area contributed by atoms with Gasteiger partial charge in [-0.25, -0.2) is 0 Å². The maximum absolute atomic E-state index is 5.37. The molecule has 0 atom stereocenters. The molecule has 9 heavy (non-hydrogen) atoms. The molecule has 0 aliphatic carbocycles. The third-order valence-corrected chi connectivity index (χ3v) is 1.64. The van der Waals surface area contributed by atoms with Gasteiger partial charge in [-0.1, -0.05) is 18.0 Å². The Labute approximate surface area is 60.7 Å². The zero-order chi connectivity index (χ0) is 6.53. The highest BCUT2D eigenvalue weighted by Crippen LogP contribution is 2.08. The summed E-state index contributed by atoms with van der Waals surface area (Å²) in [7, 11) is 0. The zero-order valence-electron chi connectivity index (χ0n) is 5.48. The highest BCUT2D eigenvalue weighted by atomic mass is 35.5. The second-order valence-electron chi connectivity index (χ2n) is 2.23. The Morgan fingerprint density at radius 1 is 1.22 bits per heavy atom. The molecular formula is C6H12ClNO. The standard InChI is InChI=1S/C6H12ClNO/c7-6-9-8-4-2-1-3-5-8/h1-6H2. The minimum Gasteiger partial charge on any atom is -0.283 e. The van der Waals surface area contributed by atoms with Gasteiger partial charge in [0.1, 0.15) is 6.07 Å². The molecule has 54 valence electrons. The van der Waals surface area contributed by atoms with Crippen LogP contribution in [0.25, 0.3) is 0 Å². The highest BCUT2D eigenvalue weighted by Gasteiger charge is 2.08. The minimum absolute atomic E-state index is 0.292. The van der Waals surface area contributed by atoms with Gasteiger partial charge in [0.05, 0.1) is 0 Å². The lowest BCUT2D eigenvalue weighted by Gasteiger charge is -2.24. The molecule has 1 aliphatic heterocycles. The summed E-state index contributed by atoms with van der Waals surface area (Å²) < 4.78 is 0. The van der Waals surface area contributed by atoms with Gasteiger partial charge in [0.25, 0.3) is 0 Å². The van der Waals surface area contributed by atoms with Crippen molar-refractivity contribution in [1.82, 2.24) is 5.06 Å². The molecular weight excluding hydrogens is 138 g/mol. The molecule has 0 amide bonds. The Morgan fingerprint density at radius 2 is 1.89 bits per heavy atom. The summed E-state index contributed by atoms with van der Waals surface area (Å²) in [5, 5.41) is 1.94. The molecule has 0 unspecified atom stereocenters. The molecule has 0 aromatic rings. The Bertz CT molecular complexity index is 70.7. The summed E-state index contributed by atoms with van der Waals surface area (Å²) in [5.41, 5.74) is 0. The molecule has 1 fully saturated rings. The number of alkyl halides is 1. The van der Waals surface area contributed by atoms with Crippen LogP contribution in [0.5, 0.6) is 0 Å². The van der Waals surface area contributed by atoms with Gasteiger partial charge in [-0.2, -0.15) is 5.06 Å². The van der Waals surface area contributed by atoms with Crippen molar-refractivity contribution in [2.24, 2.45) is 0 Å². The SMILES string of the molecule is ClCON1CCCCC1. The van der Waals surface area contributed by atoms with Gasteiger partial charge in [0.15, 0.2) is 0 Å². The lowest BCUT2D eigenvalue weighted by atomic mass is 10.2. The monoisotopic (exact) mass is 149 g/mol. The van der Waals surface area contributed by atoms with Crippen LogP contribution in [0.4, 0.5) is 0 Å². The second-order valence-corrected chi connectivity index (χ2v) is 2.45. The van der Waals surface area contributed by atoms with E-state index in [9.17, 15) is 0 Å². The van der Waals surface area contributed by atoms with Crippen LogP contribution in [0.15, 0.2) is 0 Å². The van der Waals surface area contributed by atoms with E-state index in [0.717, 1.165) is 13.1 Å². The summed E-state index contributed by atoms with van der Waals surface area (Å²) in [5.74, 6) is 0. The van der Waals surface area contributed by atoms with Crippen molar-refractivity contribution >= 4 is 11.6 Å².